The quantitative estimate of drug-likeness (QED) is 0.814. The molecule has 1 aromatic carbocycles. The number of aryl methyl sites for hydroxylation is 1. The van der Waals surface area contributed by atoms with E-state index >= 15 is 0 Å². The number of nitrogens with zero attached hydrogens (tertiary/aromatic N) is 2. The summed E-state index contributed by atoms with van der Waals surface area (Å²) in [4.78, 5) is 12.0. The third kappa shape index (κ3) is 3.52. The maximum atomic E-state index is 12.0. The van der Waals surface area contributed by atoms with E-state index in [1.807, 2.05) is 19.1 Å². The molecule has 1 heterocycles. The molecule has 4 nitrogen and oxygen atoms in total. The van der Waals surface area contributed by atoms with Gasteiger partial charge in [0.2, 0.25) is 0 Å². The molecule has 0 saturated heterocycles. The van der Waals surface area contributed by atoms with Gasteiger partial charge in [0.1, 0.15) is 0 Å². The maximum absolute atomic E-state index is 12.0. The van der Waals surface area contributed by atoms with E-state index in [1.165, 1.54) is 12.1 Å². The molecule has 0 aliphatic carbocycles. The van der Waals surface area contributed by atoms with Crippen LogP contribution in [0.1, 0.15) is 16.1 Å². The zero-order valence-electron chi connectivity index (χ0n) is 9.75. The van der Waals surface area contributed by atoms with Crippen molar-refractivity contribution < 1.29 is 4.79 Å². The number of aromatic nitrogens is 2. The SMILES string of the molecule is Cc1cc(Br)c(NC(=O)c2ccc(Cl)nn2)c(Br)c1. The van der Waals surface area contributed by atoms with Crippen molar-refractivity contribution in [1.82, 2.24) is 10.2 Å². The summed E-state index contributed by atoms with van der Waals surface area (Å²) >= 11 is 12.4. The van der Waals surface area contributed by atoms with Crippen molar-refractivity contribution in [2.75, 3.05) is 5.32 Å². The third-order valence-electron chi connectivity index (χ3n) is 2.29. The van der Waals surface area contributed by atoms with Crippen molar-refractivity contribution in [3.8, 4) is 0 Å². The van der Waals surface area contributed by atoms with Crippen molar-refractivity contribution in [2.45, 2.75) is 6.92 Å². The molecule has 0 aliphatic rings. The van der Waals surface area contributed by atoms with Crippen molar-refractivity contribution in [2.24, 2.45) is 0 Å². The van der Waals surface area contributed by atoms with Crippen LogP contribution in [0.15, 0.2) is 33.2 Å². The van der Waals surface area contributed by atoms with Gasteiger partial charge in [-0.05, 0) is 68.6 Å². The molecule has 0 radical (unpaired) electrons. The Bertz CT molecular complexity index is 608. The van der Waals surface area contributed by atoms with Crippen molar-refractivity contribution >= 4 is 55.1 Å². The average Bonchev–Trinajstić information content (AvgIpc) is 2.34. The molecule has 0 fully saturated rings. The first kappa shape index (κ1) is 14.4. The fourth-order valence-corrected chi connectivity index (χ4v) is 3.15. The maximum Gasteiger partial charge on any atom is 0.276 e. The zero-order valence-corrected chi connectivity index (χ0v) is 13.7. The molecule has 19 heavy (non-hydrogen) atoms. The molecule has 1 aromatic heterocycles. The zero-order chi connectivity index (χ0) is 14.0. The Morgan fingerprint density at radius 2 is 1.84 bits per heavy atom. The molecule has 0 bridgehead atoms. The van der Waals surface area contributed by atoms with Gasteiger partial charge in [-0.3, -0.25) is 4.79 Å². The number of carbonyl (C=O) groups is 1. The minimum Gasteiger partial charge on any atom is -0.319 e. The molecule has 0 saturated carbocycles. The number of carbonyl (C=O) groups excluding carboxylic acids is 1. The summed E-state index contributed by atoms with van der Waals surface area (Å²) in [6.07, 6.45) is 0. The summed E-state index contributed by atoms with van der Waals surface area (Å²) < 4.78 is 1.57. The highest BCUT2D eigenvalue weighted by Crippen LogP contribution is 2.32. The Labute approximate surface area is 131 Å². The lowest BCUT2D eigenvalue weighted by atomic mass is 10.2. The van der Waals surface area contributed by atoms with E-state index in [9.17, 15) is 4.79 Å². The van der Waals surface area contributed by atoms with Crippen LogP contribution in [-0.4, -0.2) is 16.1 Å². The Morgan fingerprint density at radius 3 is 2.37 bits per heavy atom. The molecule has 0 unspecified atom stereocenters. The molecule has 0 aliphatic heterocycles. The first-order valence-corrected chi connectivity index (χ1v) is 7.20. The van der Waals surface area contributed by atoms with E-state index in [-0.39, 0.29) is 16.8 Å². The summed E-state index contributed by atoms with van der Waals surface area (Å²) in [5.74, 6) is -0.352. The lowest BCUT2D eigenvalue weighted by Crippen LogP contribution is -2.15. The predicted octanol–water partition coefficient (Wildman–Crippen LogP) is 4.22. The van der Waals surface area contributed by atoms with Crippen LogP contribution in [0, 0.1) is 6.92 Å². The Morgan fingerprint density at radius 1 is 1.21 bits per heavy atom. The van der Waals surface area contributed by atoms with Gasteiger partial charge in [-0.1, -0.05) is 11.6 Å². The van der Waals surface area contributed by atoms with Crippen molar-refractivity contribution in [1.29, 1.82) is 0 Å². The van der Waals surface area contributed by atoms with Gasteiger partial charge < -0.3 is 5.32 Å². The van der Waals surface area contributed by atoms with Crippen LogP contribution in [0.2, 0.25) is 5.15 Å². The minimum absolute atomic E-state index is 0.198. The van der Waals surface area contributed by atoms with Crippen LogP contribution in [0.4, 0.5) is 5.69 Å². The van der Waals surface area contributed by atoms with Gasteiger partial charge in [-0.2, -0.15) is 0 Å². The minimum atomic E-state index is -0.352. The lowest BCUT2D eigenvalue weighted by molar-refractivity contribution is 0.102. The van der Waals surface area contributed by atoms with E-state index in [2.05, 4.69) is 47.4 Å². The van der Waals surface area contributed by atoms with Gasteiger partial charge >= 0.3 is 0 Å². The molecule has 1 N–H and O–H groups in total. The smallest absolute Gasteiger partial charge is 0.276 e. The summed E-state index contributed by atoms with van der Waals surface area (Å²) in [5, 5.41) is 10.4. The number of halogens is 3. The number of amides is 1. The Balaban J connectivity index is 2.26. The number of hydrogen-bond acceptors (Lipinski definition) is 3. The van der Waals surface area contributed by atoms with E-state index in [0.717, 1.165) is 14.5 Å². The summed E-state index contributed by atoms with van der Waals surface area (Å²) in [6.45, 7) is 1.96. The molecule has 2 rings (SSSR count). The summed E-state index contributed by atoms with van der Waals surface area (Å²) in [7, 11) is 0. The van der Waals surface area contributed by atoms with Crippen LogP contribution in [0.3, 0.4) is 0 Å². The largest absolute Gasteiger partial charge is 0.319 e. The number of hydrogen-bond donors (Lipinski definition) is 1. The first-order chi connectivity index (χ1) is 8.97. The second-order valence-corrected chi connectivity index (χ2v) is 5.89. The molecule has 0 atom stereocenters. The van der Waals surface area contributed by atoms with Crippen LogP contribution >= 0.6 is 43.5 Å². The highest BCUT2D eigenvalue weighted by molar-refractivity contribution is 9.11. The average molecular weight is 405 g/mol. The van der Waals surface area contributed by atoms with E-state index in [1.54, 1.807) is 0 Å². The third-order valence-corrected chi connectivity index (χ3v) is 3.74. The topological polar surface area (TPSA) is 54.9 Å². The lowest BCUT2D eigenvalue weighted by Gasteiger charge is -2.10. The number of anilines is 1. The summed E-state index contributed by atoms with van der Waals surface area (Å²) in [5.41, 5.74) is 1.92. The number of benzene rings is 1. The molecule has 2 aromatic rings. The van der Waals surface area contributed by atoms with Gasteiger partial charge in [0.25, 0.3) is 5.91 Å². The van der Waals surface area contributed by atoms with Crippen molar-refractivity contribution in [3.63, 3.8) is 0 Å². The van der Waals surface area contributed by atoms with Gasteiger partial charge in [-0.15, -0.1) is 10.2 Å². The van der Waals surface area contributed by atoms with Crippen LogP contribution in [-0.2, 0) is 0 Å². The van der Waals surface area contributed by atoms with Crippen molar-refractivity contribution in [3.05, 3.63) is 49.6 Å². The molecule has 0 spiro atoms. The predicted molar refractivity (Wildman–Crippen MR) is 81.6 cm³/mol. The highest BCUT2D eigenvalue weighted by Gasteiger charge is 2.13. The van der Waals surface area contributed by atoms with Gasteiger partial charge in [0, 0.05) is 8.95 Å². The van der Waals surface area contributed by atoms with Gasteiger partial charge in [0.05, 0.1) is 5.69 Å². The number of nitrogens with one attached hydrogen (secondary N) is 1. The van der Waals surface area contributed by atoms with Crippen LogP contribution < -0.4 is 5.32 Å². The second kappa shape index (κ2) is 5.98. The fraction of sp³-hybridized carbons (Fsp3) is 0.0833. The normalized spacial score (nSPS) is 10.3. The van der Waals surface area contributed by atoms with Gasteiger partial charge in [0.15, 0.2) is 10.8 Å². The monoisotopic (exact) mass is 403 g/mol. The molecule has 7 heteroatoms. The molecule has 1 amide bonds. The Kier molecular flexibility index (Phi) is 4.54. The Hall–Kier alpha value is -0.980. The number of rotatable bonds is 2. The first-order valence-electron chi connectivity index (χ1n) is 5.23. The standard InChI is InChI=1S/C12H8Br2ClN3O/c1-6-4-7(13)11(8(14)5-6)16-12(19)9-2-3-10(15)18-17-9/h2-5H,1H3,(H,16,19). The van der Waals surface area contributed by atoms with Gasteiger partial charge in [-0.25, -0.2) is 0 Å². The van der Waals surface area contributed by atoms with Crippen LogP contribution in [0.5, 0.6) is 0 Å². The van der Waals surface area contributed by atoms with E-state index in [0.29, 0.717) is 5.69 Å². The molecular formula is C12H8Br2ClN3O. The fourth-order valence-electron chi connectivity index (χ4n) is 1.43. The molecular weight excluding hydrogens is 397 g/mol. The van der Waals surface area contributed by atoms with Crippen LogP contribution in [0.25, 0.3) is 0 Å². The van der Waals surface area contributed by atoms with E-state index in [4.69, 9.17) is 11.6 Å². The summed E-state index contributed by atoms with van der Waals surface area (Å²) in [6, 6.07) is 6.85. The second-order valence-electron chi connectivity index (χ2n) is 3.80. The molecule has 98 valence electrons. The highest BCUT2D eigenvalue weighted by atomic mass is 79.9. The van der Waals surface area contributed by atoms with E-state index < -0.39 is 0 Å².